The molecule has 0 bridgehead atoms. The van der Waals surface area contributed by atoms with Gasteiger partial charge in [-0.3, -0.25) is 4.79 Å². The Morgan fingerprint density at radius 1 is 1.80 bits per heavy atom. The highest BCUT2D eigenvalue weighted by Gasteiger charge is 2.01. The van der Waals surface area contributed by atoms with E-state index in [-0.39, 0.29) is 5.78 Å². The molecule has 0 fully saturated rings. The summed E-state index contributed by atoms with van der Waals surface area (Å²) in [7, 11) is 0. The number of carbonyl (C=O) groups excluding carboxylic acids is 1. The lowest BCUT2D eigenvalue weighted by atomic mass is 10.2. The normalized spacial score (nSPS) is 9.80. The third-order valence-electron chi connectivity index (χ3n) is 1.10. The van der Waals surface area contributed by atoms with Crippen LogP contribution in [0.25, 0.3) is 0 Å². The Balaban J connectivity index is 2.67. The molecule has 3 nitrogen and oxygen atoms in total. The monoisotopic (exact) mass is 139 g/mol. The van der Waals surface area contributed by atoms with Crippen molar-refractivity contribution in [3.8, 4) is 0 Å². The van der Waals surface area contributed by atoms with Crippen LogP contribution >= 0.6 is 0 Å². The zero-order valence-electron chi connectivity index (χ0n) is 6.05. The van der Waals surface area contributed by atoms with Crippen LogP contribution in [0.3, 0.4) is 0 Å². The molecule has 0 saturated carbocycles. The summed E-state index contributed by atoms with van der Waals surface area (Å²) in [5.74, 6) is 0.713. The van der Waals surface area contributed by atoms with Gasteiger partial charge in [0.2, 0.25) is 0 Å². The molecule has 0 spiro atoms. The number of oxazole rings is 1. The van der Waals surface area contributed by atoms with Gasteiger partial charge in [0, 0.05) is 6.92 Å². The maximum absolute atomic E-state index is 10.5. The molecule has 0 saturated heterocycles. The molecule has 0 unspecified atom stereocenters. The standard InChI is InChI=1S/C7H9NO2/c1-5(9)3-7-4-10-6(2)8-7/h4H,3H2,1-2H3. The van der Waals surface area contributed by atoms with Gasteiger partial charge in [0.15, 0.2) is 5.89 Å². The number of ketones is 1. The van der Waals surface area contributed by atoms with Gasteiger partial charge in [0.25, 0.3) is 0 Å². The van der Waals surface area contributed by atoms with E-state index < -0.39 is 0 Å². The fourth-order valence-electron chi connectivity index (χ4n) is 0.744. The van der Waals surface area contributed by atoms with Gasteiger partial charge in [-0.15, -0.1) is 0 Å². The van der Waals surface area contributed by atoms with Gasteiger partial charge in [-0.25, -0.2) is 4.98 Å². The van der Waals surface area contributed by atoms with Crippen LogP contribution in [-0.4, -0.2) is 10.8 Å². The first kappa shape index (κ1) is 6.99. The minimum absolute atomic E-state index is 0.105. The number of carbonyl (C=O) groups is 1. The van der Waals surface area contributed by atoms with Crippen LogP contribution in [0.2, 0.25) is 0 Å². The predicted molar refractivity (Wildman–Crippen MR) is 35.6 cm³/mol. The summed E-state index contributed by atoms with van der Waals surface area (Å²) in [5, 5.41) is 0. The molecule has 0 aromatic carbocycles. The largest absolute Gasteiger partial charge is 0.449 e. The number of aryl methyl sites for hydroxylation is 1. The molecule has 0 aliphatic carbocycles. The highest BCUT2D eigenvalue weighted by Crippen LogP contribution is 2.00. The third kappa shape index (κ3) is 1.69. The summed E-state index contributed by atoms with van der Waals surface area (Å²) in [6, 6.07) is 0. The van der Waals surface area contributed by atoms with Crippen molar-refractivity contribution < 1.29 is 9.21 Å². The highest BCUT2D eigenvalue weighted by atomic mass is 16.3. The smallest absolute Gasteiger partial charge is 0.191 e. The molecule has 3 heteroatoms. The van der Waals surface area contributed by atoms with Crippen LogP contribution in [0.5, 0.6) is 0 Å². The lowest BCUT2D eigenvalue weighted by Gasteiger charge is -1.84. The van der Waals surface area contributed by atoms with Crippen LogP contribution in [0.1, 0.15) is 18.5 Å². The van der Waals surface area contributed by atoms with Crippen molar-refractivity contribution in [2.45, 2.75) is 20.3 Å². The molecular weight excluding hydrogens is 130 g/mol. The molecule has 0 aliphatic heterocycles. The van der Waals surface area contributed by atoms with E-state index in [0.29, 0.717) is 18.0 Å². The van der Waals surface area contributed by atoms with E-state index in [1.165, 1.54) is 13.2 Å². The van der Waals surface area contributed by atoms with Gasteiger partial charge in [0.05, 0.1) is 12.1 Å². The Morgan fingerprint density at radius 2 is 2.50 bits per heavy atom. The third-order valence-corrected chi connectivity index (χ3v) is 1.10. The van der Waals surface area contributed by atoms with Gasteiger partial charge in [-0.1, -0.05) is 0 Å². The number of aromatic nitrogens is 1. The number of Topliss-reactive ketones (excluding diaryl/α,β-unsaturated/α-hetero) is 1. The van der Waals surface area contributed by atoms with Crippen molar-refractivity contribution in [2.24, 2.45) is 0 Å². The first-order valence-electron chi connectivity index (χ1n) is 3.09. The van der Waals surface area contributed by atoms with Gasteiger partial charge < -0.3 is 4.42 Å². The fourth-order valence-corrected chi connectivity index (χ4v) is 0.744. The van der Waals surface area contributed by atoms with E-state index in [1.54, 1.807) is 6.92 Å². The lowest BCUT2D eigenvalue weighted by Crippen LogP contribution is -1.95. The Hall–Kier alpha value is -1.12. The molecular formula is C7H9NO2. The molecule has 0 radical (unpaired) electrons. The second kappa shape index (κ2) is 2.64. The van der Waals surface area contributed by atoms with E-state index >= 15 is 0 Å². The molecule has 0 amide bonds. The van der Waals surface area contributed by atoms with Gasteiger partial charge in [0.1, 0.15) is 12.0 Å². The maximum atomic E-state index is 10.5. The van der Waals surface area contributed by atoms with E-state index in [4.69, 9.17) is 4.42 Å². The molecule has 54 valence electrons. The number of hydrogen-bond acceptors (Lipinski definition) is 3. The fraction of sp³-hybridized carbons (Fsp3) is 0.429. The molecule has 0 N–H and O–H groups in total. The SMILES string of the molecule is CC(=O)Cc1coc(C)n1. The summed E-state index contributed by atoms with van der Waals surface area (Å²) in [4.78, 5) is 14.5. The summed E-state index contributed by atoms with van der Waals surface area (Å²) < 4.78 is 4.90. The van der Waals surface area contributed by atoms with E-state index in [9.17, 15) is 4.79 Å². The van der Waals surface area contributed by atoms with Crippen LogP contribution in [0.4, 0.5) is 0 Å². The van der Waals surface area contributed by atoms with Crippen molar-refractivity contribution in [1.29, 1.82) is 0 Å². The number of rotatable bonds is 2. The number of nitrogens with zero attached hydrogens (tertiary/aromatic N) is 1. The second-order valence-corrected chi connectivity index (χ2v) is 2.24. The zero-order valence-corrected chi connectivity index (χ0v) is 6.05. The van der Waals surface area contributed by atoms with Gasteiger partial charge >= 0.3 is 0 Å². The van der Waals surface area contributed by atoms with Crippen molar-refractivity contribution in [3.05, 3.63) is 17.8 Å². The molecule has 1 aromatic rings. The summed E-state index contributed by atoms with van der Waals surface area (Å²) in [6.45, 7) is 3.29. The molecule has 0 aliphatic rings. The summed E-state index contributed by atoms with van der Waals surface area (Å²) >= 11 is 0. The zero-order chi connectivity index (χ0) is 7.56. The minimum atomic E-state index is 0.105. The molecule has 1 rings (SSSR count). The number of hydrogen-bond donors (Lipinski definition) is 0. The first-order chi connectivity index (χ1) is 4.68. The topological polar surface area (TPSA) is 43.1 Å². The maximum Gasteiger partial charge on any atom is 0.191 e. The Kier molecular flexibility index (Phi) is 1.85. The lowest BCUT2D eigenvalue weighted by molar-refractivity contribution is -0.116. The molecule has 1 aromatic heterocycles. The molecule has 1 heterocycles. The predicted octanol–water partition coefficient (Wildman–Crippen LogP) is 1.11. The van der Waals surface area contributed by atoms with Crippen molar-refractivity contribution in [1.82, 2.24) is 4.98 Å². The molecule has 10 heavy (non-hydrogen) atoms. The Labute approximate surface area is 59.1 Å². The Morgan fingerprint density at radius 3 is 2.90 bits per heavy atom. The minimum Gasteiger partial charge on any atom is -0.449 e. The quantitative estimate of drug-likeness (QED) is 0.616. The second-order valence-electron chi connectivity index (χ2n) is 2.24. The van der Waals surface area contributed by atoms with E-state index in [0.717, 1.165) is 0 Å². The van der Waals surface area contributed by atoms with Crippen molar-refractivity contribution >= 4 is 5.78 Å². The van der Waals surface area contributed by atoms with Gasteiger partial charge in [-0.05, 0) is 6.92 Å². The van der Waals surface area contributed by atoms with Crippen LogP contribution in [-0.2, 0) is 11.2 Å². The van der Waals surface area contributed by atoms with Crippen LogP contribution in [0.15, 0.2) is 10.7 Å². The summed E-state index contributed by atoms with van der Waals surface area (Å²) in [5.41, 5.74) is 0.713. The molecule has 0 atom stereocenters. The van der Waals surface area contributed by atoms with Gasteiger partial charge in [-0.2, -0.15) is 0 Å². The highest BCUT2D eigenvalue weighted by molar-refractivity contribution is 5.77. The van der Waals surface area contributed by atoms with Crippen molar-refractivity contribution in [3.63, 3.8) is 0 Å². The Bertz CT molecular complexity index is 240. The average molecular weight is 139 g/mol. The van der Waals surface area contributed by atoms with Crippen molar-refractivity contribution in [2.75, 3.05) is 0 Å². The van der Waals surface area contributed by atoms with Crippen LogP contribution < -0.4 is 0 Å². The van der Waals surface area contributed by atoms with Crippen LogP contribution in [0, 0.1) is 6.92 Å². The van der Waals surface area contributed by atoms with E-state index in [2.05, 4.69) is 4.98 Å². The van der Waals surface area contributed by atoms with E-state index in [1.807, 2.05) is 0 Å². The first-order valence-corrected chi connectivity index (χ1v) is 3.09. The average Bonchev–Trinajstić information content (AvgIpc) is 2.13. The summed E-state index contributed by atoms with van der Waals surface area (Å²) in [6.07, 6.45) is 1.88.